The standard InChI is InChI=1S/C13H18FN3O2/c1-17(10-3-4-10)6-7-19-12-5-2-9(14)8-11(12)13(15)16-18/h2,5,8,10,18H,3-4,6-7H2,1H3,(H2,15,16). The molecule has 1 fully saturated rings. The lowest BCUT2D eigenvalue weighted by molar-refractivity contribution is 0.231. The highest BCUT2D eigenvalue weighted by molar-refractivity contribution is 5.99. The van der Waals surface area contributed by atoms with Gasteiger partial charge in [-0.2, -0.15) is 0 Å². The Hall–Kier alpha value is -1.82. The molecule has 1 aromatic carbocycles. The number of oxime groups is 1. The highest BCUT2D eigenvalue weighted by Gasteiger charge is 2.25. The fraction of sp³-hybridized carbons (Fsp3) is 0.462. The quantitative estimate of drug-likeness (QED) is 0.354. The largest absolute Gasteiger partial charge is 0.491 e. The Kier molecular flexibility index (Phi) is 4.21. The summed E-state index contributed by atoms with van der Waals surface area (Å²) in [5.74, 6) is -0.199. The second-order valence-corrected chi connectivity index (χ2v) is 4.69. The molecule has 2 rings (SSSR count). The zero-order valence-corrected chi connectivity index (χ0v) is 10.8. The lowest BCUT2D eigenvalue weighted by Crippen LogP contribution is -2.26. The predicted octanol–water partition coefficient (Wildman–Crippen LogP) is 1.39. The Balaban J connectivity index is 1.98. The van der Waals surface area contributed by atoms with Crippen molar-refractivity contribution in [1.29, 1.82) is 0 Å². The highest BCUT2D eigenvalue weighted by atomic mass is 19.1. The molecule has 0 bridgehead atoms. The molecule has 0 radical (unpaired) electrons. The van der Waals surface area contributed by atoms with Gasteiger partial charge in [0.05, 0.1) is 5.56 Å². The summed E-state index contributed by atoms with van der Waals surface area (Å²) >= 11 is 0. The van der Waals surface area contributed by atoms with E-state index >= 15 is 0 Å². The summed E-state index contributed by atoms with van der Waals surface area (Å²) in [6.45, 7) is 1.27. The van der Waals surface area contributed by atoms with E-state index < -0.39 is 5.82 Å². The van der Waals surface area contributed by atoms with Gasteiger partial charge in [0.1, 0.15) is 18.2 Å². The maximum Gasteiger partial charge on any atom is 0.173 e. The molecule has 0 aromatic heterocycles. The fourth-order valence-electron chi connectivity index (χ4n) is 1.88. The number of nitrogens with zero attached hydrogens (tertiary/aromatic N) is 2. The number of likely N-dealkylation sites (N-methyl/N-ethyl adjacent to an activating group) is 1. The van der Waals surface area contributed by atoms with Gasteiger partial charge in [0, 0.05) is 12.6 Å². The van der Waals surface area contributed by atoms with E-state index in [-0.39, 0.29) is 11.4 Å². The third-order valence-corrected chi connectivity index (χ3v) is 3.20. The van der Waals surface area contributed by atoms with Crippen LogP contribution in [-0.4, -0.2) is 42.2 Å². The van der Waals surface area contributed by atoms with Gasteiger partial charge in [0.2, 0.25) is 0 Å². The van der Waals surface area contributed by atoms with Gasteiger partial charge in [-0.1, -0.05) is 5.16 Å². The van der Waals surface area contributed by atoms with E-state index in [0.29, 0.717) is 18.4 Å². The number of rotatable bonds is 6. The van der Waals surface area contributed by atoms with Gasteiger partial charge < -0.3 is 20.6 Å². The van der Waals surface area contributed by atoms with Crippen LogP contribution in [0.5, 0.6) is 5.75 Å². The third kappa shape index (κ3) is 3.57. The molecule has 0 aliphatic heterocycles. The molecular weight excluding hydrogens is 249 g/mol. The Morgan fingerprint density at radius 1 is 1.58 bits per heavy atom. The number of ether oxygens (including phenoxy) is 1. The van der Waals surface area contributed by atoms with Crippen LogP contribution < -0.4 is 10.5 Å². The molecule has 0 saturated heterocycles. The molecule has 104 valence electrons. The molecule has 1 aromatic rings. The van der Waals surface area contributed by atoms with Gasteiger partial charge in [0.15, 0.2) is 5.84 Å². The summed E-state index contributed by atoms with van der Waals surface area (Å²) < 4.78 is 18.7. The molecule has 0 amide bonds. The smallest absolute Gasteiger partial charge is 0.173 e. The predicted molar refractivity (Wildman–Crippen MR) is 70.1 cm³/mol. The van der Waals surface area contributed by atoms with Crippen molar-refractivity contribution in [2.75, 3.05) is 20.2 Å². The maximum absolute atomic E-state index is 13.2. The summed E-state index contributed by atoms with van der Waals surface area (Å²) in [6, 6.07) is 4.63. The minimum atomic E-state index is -0.455. The third-order valence-electron chi connectivity index (χ3n) is 3.20. The zero-order valence-electron chi connectivity index (χ0n) is 10.8. The van der Waals surface area contributed by atoms with Crippen molar-refractivity contribution in [3.8, 4) is 5.75 Å². The van der Waals surface area contributed by atoms with Crippen molar-refractivity contribution in [2.24, 2.45) is 10.9 Å². The van der Waals surface area contributed by atoms with Crippen molar-refractivity contribution in [2.45, 2.75) is 18.9 Å². The van der Waals surface area contributed by atoms with E-state index in [1.165, 1.54) is 31.0 Å². The van der Waals surface area contributed by atoms with Crippen molar-refractivity contribution < 1.29 is 14.3 Å². The van der Waals surface area contributed by atoms with E-state index in [0.717, 1.165) is 6.54 Å². The SMILES string of the molecule is CN(CCOc1ccc(F)cc1/C(N)=N/O)C1CC1. The van der Waals surface area contributed by atoms with Crippen LogP contribution in [0, 0.1) is 5.82 Å². The second-order valence-electron chi connectivity index (χ2n) is 4.69. The number of halogens is 1. The van der Waals surface area contributed by atoms with E-state index in [1.54, 1.807) is 0 Å². The molecule has 0 unspecified atom stereocenters. The van der Waals surface area contributed by atoms with Crippen LogP contribution in [-0.2, 0) is 0 Å². The van der Waals surface area contributed by atoms with E-state index in [4.69, 9.17) is 15.7 Å². The zero-order chi connectivity index (χ0) is 13.8. The highest BCUT2D eigenvalue weighted by Crippen LogP contribution is 2.25. The first-order chi connectivity index (χ1) is 9.11. The summed E-state index contributed by atoms with van der Waals surface area (Å²) in [5.41, 5.74) is 5.76. The first-order valence-corrected chi connectivity index (χ1v) is 6.22. The van der Waals surface area contributed by atoms with Gasteiger partial charge in [-0.05, 0) is 38.1 Å². The minimum absolute atomic E-state index is 0.162. The summed E-state index contributed by atoms with van der Waals surface area (Å²) in [7, 11) is 2.05. The average Bonchev–Trinajstić information content (AvgIpc) is 3.23. The monoisotopic (exact) mass is 267 g/mol. The Labute approximate surface area is 111 Å². The molecular formula is C13H18FN3O2. The van der Waals surface area contributed by atoms with Crippen molar-refractivity contribution >= 4 is 5.84 Å². The average molecular weight is 267 g/mol. The van der Waals surface area contributed by atoms with Gasteiger partial charge in [-0.25, -0.2) is 4.39 Å². The normalized spacial score (nSPS) is 15.8. The number of amidine groups is 1. The number of hydrogen-bond acceptors (Lipinski definition) is 4. The van der Waals surface area contributed by atoms with E-state index in [2.05, 4.69) is 17.1 Å². The Morgan fingerprint density at radius 2 is 2.32 bits per heavy atom. The number of benzene rings is 1. The molecule has 1 saturated carbocycles. The van der Waals surface area contributed by atoms with Crippen molar-refractivity contribution in [3.05, 3.63) is 29.6 Å². The van der Waals surface area contributed by atoms with Gasteiger partial charge >= 0.3 is 0 Å². The lowest BCUT2D eigenvalue weighted by Gasteiger charge is -2.17. The Bertz CT molecular complexity index is 475. The molecule has 1 aliphatic carbocycles. The van der Waals surface area contributed by atoms with E-state index in [1.807, 2.05) is 0 Å². The first kappa shape index (κ1) is 13.6. The molecule has 5 nitrogen and oxygen atoms in total. The van der Waals surface area contributed by atoms with Crippen molar-refractivity contribution in [3.63, 3.8) is 0 Å². The molecule has 0 heterocycles. The van der Waals surface area contributed by atoms with Gasteiger partial charge in [-0.3, -0.25) is 0 Å². The summed E-state index contributed by atoms with van der Waals surface area (Å²) in [6.07, 6.45) is 2.48. The molecule has 0 spiro atoms. The summed E-state index contributed by atoms with van der Waals surface area (Å²) in [4.78, 5) is 2.23. The van der Waals surface area contributed by atoms with E-state index in [9.17, 15) is 4.39 Å². The summed E-state index contributed by atoms with van der Waals surface area (Å²) in [5, 5.41) is 11.6. The first-order valence-electron chi connectivity index (χ1n) is 6.22. The molecule has 19 heavy (non-hydrogen) atoms. The topological polar surface area (TPSA) is 71.1 Å². The maximum atomic E-state index is 13.2. The fourth-order valence-corrected chi connectivity index (χ4v) is 1.88. The Morgan fingerprint density at radius 3 is 2.95 bits per heavy atom. The van der Waals surface area contributed by atoms with Crippen LogP contribution in [0.1, 0.15) is 18.4 Å². The van der Waals surface area contributed by atoms with Crippen LogP contribution in [0.2, 0.25) is 0 Å². The second kappa shape index (κ2) is 5.88. The lowest BCUT2D eigenvalue weighted by atomic mass is 10.2. The van der Waals surface area contributed by atoms with Crippen LogP contribution in [0.25, 0.3) is 0 Å². The molecule has 6 heteroatoms. The van der Waals surface area contributed by atoms with Crippen LogP contribution in [0.15, 0.2) is 23.4 Å². The molecule has 3 N–H and O–H groups in total. The molecule has 1 aliphatic rings. The van der Waals surface area contributed by atoms with Crippen LogP contribution in [0.3, 0.4) is 0 Å². The van der Waals surface area contributed by atoms with Crippen molar-refractivity contribution in [1.82, 2.24) is 4.90 Å². The van der Waals surface area contributed by atoms with Crippen LogP contribution >= 0.6 is 0 Å². The molecule has 0 atom stereocenters. The minimum Gasteiger partial charge on any atom is -0.491 e. The van der Waals surface area contributed by atoms with Gasteiger partial charge in [-0.15, -0.1) is 0 Å². The number of nitrogens with two attached hydrogens (primary N) is 1. The van der Waals surface area contributed by atoms with Gasteiger partial charge in [0.25, 0.3) is 0 Å². The number of hydrogen-bond donors (Lipinski definition) is 2. The van der Waals surface area contributed by atoms with Crippen LogP contribution in [0.4, 0.5) is 4.39 Å².